The molecule has 0 aromatic heterocycles. The molecule has 0 radical (unpaired) electrons. The molecule has 0 saturated carbocycles. The van der Waals surface area contributed by atoms with Gasteiger partial charge in [0.2, 0.25) is 0 Å². The molecule has 0 unspecified atom stereocenters. The molecule has 0 saturated heterocycles. The molecule has 0 amide bonds. The minimum absolute atomic E-state index is 0.126. The third-order valence-electron chi connectivity index (χ3n) is 2.88. The lowest BCUT2D eigenvalue weighted by Gasteiger charge is -2.11. The van der Waals surface area contributed by atoms with E-state index in [1.807, 2.05) is 4.72 Å². The summed E-state index contributed by atoms with van der Waals surface area (Å²) >= 11 is 0. The van der Waals surface area contributed by atoms with Gasteiger partial charge in [-0.15, -0.1) is 0 Å². The van der Waals surface area contributed by atoms with Gasteiger partial charge in [0.05, 0.1) is 10.6 Å². The summed E-state index contributed by atoms with van der Waals surface area (Å²) in [6.07, 6.45) is 0. The fraction of sp³-hybridized carbons (Fsp3) is 0.0714. The molecule has 0 heterocycles. The summed E-state index contributed by atoms with van der Waals surface area (Å²) < 4.78 is 52.9. The first-order valence-corrected chi connectivity index (χ1v) is 7.51. The van der Waals surface area contributed by atoms with Gasteiger partial charge in [-0.05, 0) is 31.2 Å². The molecule has 2 aromatic carbocycles. The van der Waals surface area contributed by atoms with Crippen molar-refractivity contribution in [3.63, 3.8) is 0 Å². The second kappa shape index (κ2) is 5.72. The molecular weight excluding hydrogens is 316 g/mol. The van der Waals surface area contributed by atoms with Gasteiger partial charge in [0.1, 0.15) is 5.56 Å². The van der Waals surface area contributed by atoms with Gasteiger partial charge < -0.3 is 5.11 Å². The lowest BCUT2D eigenvalue weighted by molar-refractivity contribution is 0.0692. The van der Waals surface area contributed by atoms with Crippen LogP contribution in [0.15, 0.2) is 41.3 Å². The molecule has 0 aliphatic rings. The van der Waals surface area contributed by atoms with E-state index in [1.165, 1.54) is 12.1 Å². The maximum Gasteiger partial charge on any atom is 0.340 e. The lowest BCUT2D eigenvalue weighted by Crippen LogP contribution is -2.17. The van der Waals surface area contributed by atoms with E-state index in [2.05, 4.69) is 0 Å². The number of carbonyl (C=O) groups is 1. The number of hydrogen-bond acceptors (Lipinski definition) is 3. The fourth-order valence-electron chi connectivity index (χ4n) is 1.77. The van der Waals surface area contributed by atoms with E-state index in [0.717, 1.165) is 11.6 Å². The van der Waals surface area contributed by atoms with Crippen molar-refractivity contribution in [1.29, 1.82) is 0 Å². The van der Waals surface area contributed by atoms with E-state index < -0.39 is 38.9 Å². The third-order valence-corrected chi connectivity index (χ3v) is 4.27. The number of aromatic carboxylic acids is 1. The Balaban J connectivity index is 2.48. The molecule has 0 spiro atoms. The Morgan fingerprint density at radius 2 is 1.68 bits per heavy atom. The van der Waals surface area contributed by atoms with E-state index in [1.54, 1.807) is 19.1 Å². The number of hydrogen-bond donors (Lipinski definition) is 2. The van der Waals surface area contributed by atoms with Crippen LogP contribution in [0.4, 0.5) is 14.5 Å². The van der Waals surface area contributed by atoms with E-state index in [4.69, 9.17) is 5.11 Å². The number of sulfonamides is 1. The van der Waals surface area contributed by atoms with E-state index in [9.17, 15) is 22.0 Å². The van der Waals surface area contributed by atoms with Crippen LogP contribution in [0.2, 0.25) is 0 Å². The molecule has 0 bridgehead atoms. The predicted octanol–water partition coefficient (Wildman–Crippen LogP) is 2.77. The Morgan fingerprint density at radius 1 is 1.09 bits per heavy atom. The van der Waals surface area contributed by atoms with Gasteiger partial charge in [0.15, 0.2) is 11.6 Å². The molecule has 0 fully saturated rings. The Bertz CT molecular complexity index is 833. The Hall–Kier alpha value is -2.48. The first kappa shape index (κ1) is 15.9. The molecular formula is C14H11F2NO4S. The zero-order chi connectivity index (χ0) is 16.5. The van der Waals surface area contributed by atoms with Gasteiger partial charge in [-0.25, -0.2) is 22.0 Å². The number of carboxylic acids is 1. The highest BCUT2D eigenvalue weighted by Gasteiger charge is 2.23. The highest BCUT2D eigenvalue weighted by atomic mass is 32.2. The monoisotopic (exact) mass is 327 g/mol. The number of aryl methyl sites for hydroxylation is 1. The largest absolute Gasteiger partial charge is 0.478 e. The molecule has 8 heteroatoms. The van der Waals surface area contributed by atoms with Crippen molar-refractivity contribution in [3.05, 3.63) is 59.2 Å². The van der Waals surface area contributed by atoms with Gasteiger partial charge in [0.25, 0.3) is 10.0 Å². The minimum Gasteiger partial charge on any atom is -0.478 e. The smallest absolute Gasteiger partial charge is 0.340 e. The topological polar surface area (TPSA) is 83.5 Å². The van der Waals surface area contributed by atoms with Crippen LogP contribution in [-0.4, -0.2) is 19.5 Å². The summed E-state index contributed by atoms with van der Waals surface area (Å²) in [4.78, 5) is 10.9. The van der Waals surface area contributed by atoms with Crippen LogP contribution < -0.4 is 4.72 Å². The van der Waals surface area contributed by atoms with Crippen molar-refractivity contribution in [2.45, 2.75) is 11.8 Å². The average molecular weight is 327 g/mol. The van der Waals surface area contributed by atoms with Gasteiger partial charge in [-0.3, -0.25) is 4.72 Å². The number of carboxylic acid groups (broad SMARTS) is 1. The molecule has 116 valence electrons. The van der Waals surface area contributed by atoms with Crippen LogP contribution in [0, 0.1) is 18.6 Å². The maximum absolute atomic E-state index is 13.6. The normalized spacial score (nSPS) is 11.2. The zero-order valence-electron chi connectivity index (χ0n) is 11.3. The summed E-state index contributed by atoms with van der Waals surface area (Å²) in [7, 11) is -4.12. The highest BCUT2D eigenvalue weighted by molar-refractivity contribution is 7.92. The summed E-state index contributed by atoms with van der Waals surface area (Å²) in [5, 5.41) is 8.93. The Kier molecular flexibility index (Phi) is 4.14. The van der Waals surface area contributed by atoms with E-state index in [-0.39, 0.29) is 4.90 Å². The number of benzene rings is 2. The molecule has 2 N–H and O–H groups in total. The van der Waals surface area contributed by atoms with E-state index in [0.29, 0.717) is 6.07 Å². The summed E-state index contributed by atoms with van der Waals surface area (Å²) in [6.45, 7) is 1.77. The molecule has 2 rings (SSSR count). The summed E-state index contributed by atoms with van der Waals surface area (Å²) in [5.74, 6) is -4.79. The van der Waals surface area contributed by atoms with Crippen LogP contribution in [0.3, 0.4) is 0 Å². The molecule has 0 atom stereocenters. The van der Waals surface area contributed by atoms with Crippen molar-refractivity contribution in [1.82, 2.24) is 0 Å². The second-order valence-corrected chi connectivity index (χ2v) is 6.19. The summed E-state index contributed by atoms with van der Waals surface area (Å²) in [5.41, 5.74) is -0.791. The molecule has 0 aliphatic carbocycles. The minimum atomic E-state index is -4.12. The zero-order valence-corrected chi connectivity index (χ0v) is 12.1. The fourth-order valence-corrected chi connectivity index (χ4v) is 2.84. The Morgan fingerprint density at radius 3 is 2.23 bits per heavy atom. The number of anilines is 1. The quantitative estimate of drug-likeness (QED) is 0.904. The van der Waals surface area contributed by atoms with Gasteiger partial charge >= 0.3 is 5.97 Å². The molecule has 5 nitrogen and oxygen atoms in total. The maximum atomic E-state index is 13.6. The van der Waals surface area contributed by atoms with Gasteiger partial charge in [-0.2, -0.15) is 0 Å². The van der Waals surface area contributed by atoms with Crippen LogP contribution in [0.1, 0.15) is 15.9 Å². The highest BCUT2D eigenvalue weighted by Crippen LogP contribution is 2.24. The molecule has 22 heavy (non-hydrogen) atoms. The van der Waals surface area contributed by atoms with Crippen LogP contribution in [-0.2, 0) is 10.0 Å². The number of halogens is 2. The molecule has 2 aromatic rings. The second-order valence-electron chi connectivity index (χ2n) is 4.51. The van der Waals surface area contributed by atoms with E-state index >= 15 is 0 Å². The molecule has 0 aliphatic heterocycles. The summed E-state index contributed by atoms with van der Waals surface area (Å²) in [6, 6.07) is 7.24. The van der Waals surface area contributed by atoms with Crippen molar-refractivity contribution in [3.8, 4) is 0 Å². The standard InChI is InChI=1S/C14H11F2NO4S/c1-8-2-4-9(5-3-8)22(20,21)17-11-7-6-10(15)13(16)12(11)14(18)19/h2-7,17H,1H3,(H,18,19). The van der Waals surface area contributed by atoms with Crippen molar-refractivity contribution in [2.75, 3.05) is 4.72 Å². The van der Waals surface area contributed by atoms with Crippen molar-refractivity contribution in [2.24, 2.45) is 0 Å². The van der Waals surface area contributed by atoms with Crippen molar-refractivity contribution >= 4 is 21.7 Å². The van der Waals surface area contributed by atoms with Crippen LogP contribution in [0.25, 0.3) is 0 Å². The third kappa shape index (κ3) is 3.06. The number of nitrogens with one attached hydrogen (secondary N) is 1. The van der Waals surface area contributed by atoms with Crippen LogP contribution in [0.5, 0.6) is 0 Å². The van der Waals surface area contributed by atoms with Crippen molar-refractivity contribution < 1.29 is 27.1 Å². The first-order valence-electron chi connectivity index (χ1n) is 6.03. The first-order chi connectivity index (χ1) is 10.2. The van der Waals surface area contributed by atoms with Crippen LogP contribution >= 0.6 is 0 Å². The number of rotatable bonds is 4. The van der Waals surface area contributed by atoms with Gasteiger partial charge in [-0.1, -0.05) is 17.7 Å². The average Bonchev–Trinajstić information content (AvgIpc) is 2.43. The predicted molar refractivity (Wildman–Crippen MR) is 75.3 cm³/mol. The lowest BCUT2D eigenvalue weighted by atomic mass is 10.1. The SMILES string of the molecule is Cc1ccc(S(=O)(=O)Nc2ccc(F)c(F)c2C(=O)O)cc1. The van der Waals surface area contributed by atoms with Gasteiger partial charge in [0, 0.05) is 0 Å². The Labute approximate surface area is 125 Å².